The molecule has 0 fully saturated rings. The number of nitrogens with one attached hydrogen (secondary N) is 2. The van der Waals surface area contributed by atoms with E-state index in [2.05, 4.69) is 15.6 Å². The molecule has 1 heterocycles. The summed E-state index contributed by atoms with van der Waals surface area (Å²) in [5.74, 6) is -0.583. The summed E-state index contributed by atoms with van der Waals surface area (Å²) in [6, 6.07) is 16.8. The van der Waals surface area contributed by atoms with Crippen molar-refractivity contribution < 1.29 is 14.3 Å². The lowest BCUT2D eigenvalue weighted by Crippen LogP contribution is -2.41. The molecule has 9 heteroatoms. The number of carbonyl (C=O) groups is 2. The summed E-state index contributed by atoms with van der Waals surface area (Å²) in [4.78, 5) is 31.4. The summed E-state index contributed by atoms with van der Waals surface area (Å²) in [5, 5.41) is 8.64. The van der Waals surface area contributed by atoms with Gasteiger partial charge in [-0.3, -0.25) is 9.59 Å². The minimum absolute atomic E-state index is 0.0811. The van der Waals surface area contributed by atoms with Crippen LogP contribution < -0.4 is 10.6 Å². The molecule has 3 rings (SSSR count). The summed E-state index contributed by atoms with van der Waals surface area (Å²) in [7, 11) is 1.56. The lowest BCUT2D eigenvalue weighted by Gasteiger charge is -2.21. The van der Waals surface area contributed by atoms with E-state index in [0.717, 1.165) is 5.56 Å². The average molecular weight is 459 g/mol. The highest BCUT2D eigenvalue weighted by molar-refractivity contribution is 7.14. The van der Waals surface area contributed by atoms with Crippen molar-refractivity contribution >= 4 is 45.6 Å². The number of thiazole rings is 1. The number of para-hydroxylation sites is 1. The molecule has 162 valence electrons. The van der Waals surface area contributed by atoms with Gasteiger partial charge in [0.2, 0.25) is 5.91 Å². The zero-order chi connectivity index (χ0) is 22.1. The molecule has 0 atom stereocenters. The van der Waals surface area contributed by atoms with Gasteiger partial charge in [0.15, 0.2) is 5.13 Å². The van der Waals surface area contributed by atoms with Crippen LogP contribution in [0.25, 0.3) is 0 Å². The number of carbonyl (C=O) groups excluding carboxylic acids is 2. The van der Waals surface area contributed by atoms with E-state index in [-0.39, 0.29) is 24.1 Å². The second-order valence-electron chi connectivity index (χ2n) is 6.63. The zero-order valence-corrected chi connectivity index (χ0v) is 18.6. The Morgan fingerprint density at radius 1 is 1.13 bits per heavy atom. The third-order valence-corrected chi connectivity index (χ3v) is 5.39. The Hall–Kier alpha value is -2.94. The third kappa shape index (κ3) is 6.78. The summed E-state index contributed by atoms with van der Waals surface area (Å²) in [6.07, 6.45) is 0. The Morgan fingerprint density at radius 2 is 1.87 bits per heavy atom. The fraction of sp³-hybridized carbons (Fsp3) is 0.227. The molecule has 0 bridgehead atoms. The van der Waals surface area contributed by atoms with Crippen molar-refractivity contribution in [2.45, 2.75) is 6.54 Å². The summed E-state index contributed by atoms with van der Waals surface area (Å²) < 4.78 is 4.95. The number of aromatic nitrogens is 1. The molecule has 0 saturated heterocycles. The minimum atomic E-state index is -0.325. The van der Waals surface area contributed by atoms with Crippen LogP contribution in [0.15, 0.2) is 60.0 Å². The van der Waals surface area contributed by atoms with Crippen LogP contribution in [0.4, 0.5) is 10.8 Å². The maximum atomic E-state index is 13.2. The summed E-state index contributed by atoms with van der Waals surface area (Å²) in [6.45, 7) is 0.997. The highest BCUT2D eigenvalue weighted by atomic mass is 35.5. The van der Waals surface area contributed by atoms with Gasteiger partial charge < -0.3 is 20.3 Å². The van der Waals surface area contributed by atoms with Crippen LogP contribution in [0.3, 0.4) is 0 Å². The van der Waals surface area contributed by atoms with Crippen LogP contribution in [0.2, 0.25) is 5.02 Å². The van der Waals surface area contributed by atoms with Crippen LogP contribution in [0.5, 0.6) is 0 Å². The molecule has 2 amide bonds. The Morgan fingerprint density at radius 3 is 2.61 bits per heavy atom. The lowest BCUT2D eigenvalue weighted by atomic mass is 10.2. The largest absolute Gasteiger partial charge is 0.383 e. The maximum Gasteiger partial charge on any atom is 0.274 e. The van der Waals surface area contributed by atoms with Crippen molar-refractivity contribution in [3.8, 4) is 0 Å². The molecule has 0 radical (unpaired) electrons. The van der Waals surface area contributed by atoms with Gasteiger partial charge in [-0.15, -0.1) is 11.3 Å². The molecule has 0 unspecified atom stereocenters. The maximum absolute atomic E-state index is 13.2. The first kappa shape index (κ1) is 22.7. The highest BCUT2D eigenvalue weighted by Crippen LogP contribution is 2.27. The lowest BCUT2D eigenvalue weighted by molar-refractivity contribution is -0.122. The van der Waals surface area contributed by atoms with Gasteiger partial charge in [0.1, 0.15) is 12.2 Å². The molecule has 0 saturated carbocycles. The number of benzene rings is 2. The number of rotatable bonds is 10. The number of anilines is 2. The first-order valence-corrected chi connectivity index (χ1v) is 10.9. The van der Waals surface area contributed by atoms with E-state index in [1.807, 2.05) is 48.5 Å². The fourth-order valence-electron chi connectivity index (χ4n) is 2.79. The molecular weight excluding hydrogens is 436 g/mol. The van der Waals surface area contributed by atoms with Crippen LogP contribution >= 0.6 is 22.9 Å². The number of amides is 2. The average Bonchev–Trinajstić information content (AvgIpc) is 3.24. The molecule has 0 aliphatic rings. The first-order chi connectivity index (χ1) is 15.1. The molecule has 31 heavy (non-hydrogen) atoms. The van der Waals surface area contributed by atoms with Gasteiger partial charge in [0.05, 0.1) is 17.3 Å². The first-order valence-electron chi connectivity index (χ1n) is 9.62. The van der Waals surface area contributed by atoms with Gasteiger partial charge in [0, 0.05) is 25.6 Å². The molecule has 3 aromatic rings. The molecule has 2 aromatic carbocycles. The minimum Gasteiger partial charge on any atom is -0.383 e. The number of methoxy groups -OCH3 is 1. The van der Waals surface area contributed by atoms with Gasteiger partial charge in [-0.25, -0.2) is 4.98 Å². The molecular formula is C22H23ClN4O3S. The zero-order valence-electron chi connectivity index (χ0n) is 17.0. The molecule has 0 aliphatic heterocycles. The van der Waals surface area contributed by atoms with Crippen molar-refractivity contribution in [3.63, 3.8) is 0 Å². The quantitative estimate of drug-likeness (QED) is 0.449. The van der Waals surface area contributed by atoms with Gasteiger partial charge in [-0.05, 0) is 17.7 Å². The Labute approximate surface area is 190 Å². The summed E-state index contributed by atoms with van der Waals surface area (Å²) >= 11 is 7.47. The van der Waals surface area contributed by atoms with E-state index in [1.165, 1.54) is 16.2 Å². The normalized spacial score (nSPS) is 10.5. The molecule has 2 N–H and O–H groups in total. The van der Waals surface area contributed by atoms with E-state index in [9.17, 15) is 9.59 Å². The van der Waals surface area contributed by atoms with Crippen molar-refractivity contribution in [2.24, 2.45) is 0 Å². The fourth-order valence-corrected chi connectivity index (χ4v) is 3.67. The van der Waals surface area contributed by atoms with Crippen LogP contribution in [0.1, 0.15) is 16.1 Å². The predicted molar refractivity (Wildman–Crippen MR) is 123 cm³/mol. The second kappa shape index (κ2) is 11.5. The Kier molecular flexibility index (Phi) is 8.40. The monoisotopic (exact) mass is 458 g/mol. The number of halogens is 1. The van der Waals surface area contributed by atoms with Crippen LogP contribution in [0, 0.1) is 0 Å². The van der Waals surface area contributed by atoms with E-state index in [1.54, 1.807) is 18.6 Å². The standard InChI is InChI=1S/C22H23ClN4O3S/c1-30-12-11-24-20(28)14-27(13-16-7-3-2-4-8-16)21(29)19-15-31-22(26-19)25-18-10-6-5-9-17(18)23/h2-10,15H,11-14H2,1H3,(H,24,28)(H,25,26). The number of hydrogen-bond donors (Lipinski definition) is 2. The molecule has 1 aromatic heterocycles. The van der Waals surface area contributed by atoms with Crippen LogP contribution in [-0.4, -0.2) is 48.5 Å². The Bertz CT molecular complexity index is 1010. The SMILES string of the molecule is COCCNC(=O)CN(Cc1ccccc1)C(=O)c1csc(Nc2ccccc2Cl)n1. The van der Waals surface area contributed by atoms with E-state index >= 15 is 0 Å². The highest BCUT2D eigenvalue weighted by Gasteiger charge is 2.22. The van der Waals surface area contributed by atoms with Gasteiger partial charge in [0.25, 0.3) is 5.91 Å². The predicted octanol–water partition coefficient (Wildman–Crippen LogP) is 3.95. The van der Waals surface area contributed by atoms with Crippen LogP contribution in [-0.2, 0) is 16.1 Å². The van der Waals surface area contributed by atoms with E-state index in [4.69, 9.17) is 16.3 Å². The smallest absolute Gasteiger partial charge is 0.274 e. The third-order valence-electron chi connectivity index (χ3n) is 4.31. The van der Waals surface area contributed by atoms with E-state index in [0.29, 0.717) is 35.5 Å². The van der Waals surface area contributed by atoms with E-state index < -0.39 is 0 Å². The number of ether oxygens (including phenoxy) is 1. The topological polar surface area (TPSA) is 83.6 Å². The molecule has 0 spiro atoms. The van der Waals surface area contributed by atoms with Crippen molar-refractivity contribution in [1.82, 2.24) is 15.2 Å². The van der Waals surface area contributed by atoms with Crippen molar-refractivity contribution in [1.29, 1.82) is 0 Å². The van der Waals surface area contributed by atoms with Gasteiger partial charge in [-0.1, -0.05) is 54.1 Å². The van der Waals surface area contributed by atoms with Gasteiger partial charge >= 0.3 is 0 Å². The molecule has 7 nitrogen and oxygen atoms in total. The number of hydrogen-bond acceptors (Lipinski definition) is 6. The van der Waals surface area contributed by atoms with Crippen molar-refractivity contribution in [2.75, 3.05) is 32.1 Å². The molecule has 0 aliphatic carbocycles. The second-order valence-corrected chi connectivity index (χ2v) is 7.90. The summed E-state index contributed by atoms with van der Waals surface area (Å²) in [5.41, 5.74) is 1.89. The Balaban J connectivity index is 1.73. The van der Waals surface area contributed by atoms with Crippen molar-refractivity contribution in [3.05, 3.63) is 76.3 Å². The van der Waals surface area contributed by atoms with Gasteiger partial charge in [-0.2, -0.15) is 0 Å². The number of nitrogens with zero attached hydrogens (tertiary/aromatic N) is 2.